The summed E-state index contributed by atoms with van der Waals surface area (Å²) in [6.45, 7) is 4.79. The van der Waals surface area contributed by atoms with Crippen molar-refractivity contribution < 1.29 is 8.42 Å². The Labute approximate surface area is 118 Å². The van der Waals surface area contributed by atoms with E-state index in [1.165, 1.54) is 12.8 Å². The van der Waals surface area contributed by atoms with Gasteiger partial charge in [-0.05, 0) is 51.1 Å². The van der Waals surface area contributed by atoms with Gasteiger partial charge in [0.1, 0.15) is 0 Å². The van der Waals surface area contributed by atoms with Gasteiger partial charge in [0.2, 0.25) is 10.0 Å². The summed E-state index contributed by atoms with van der Waals surface area (Å²) in [6, 6.07) is 0.265. The van der Waals surface area contributed by atoms with Crippen LogP contribution in [-0.4, -0.2) is 44.2 Å². The summed E-state index contributed by atoms with van der Waals surface area (Å²) in [5, 5.41) is 3.38. The fourth-order valence-electron chi connectivity index (χ4n) is 3.53. The van der Waals surface area contributed by atoms with E-state index in [1.54, 1.807) is 0 Å². The number of hydrogen-bond donors (Lipinski definition) is 1. The van der Waals surface area contributed by atoms with E-state index in [-0.39, 0.29) is 6.04 Å². The molecule has 0 saturated carbocycles. The number of sulfonamides is 1. The summed E-state index contributed by atoms with van der Waals surface area (Å²) >= 11 is 0. The van der Waals surface area contributed by atoms with Gasteiger partial charge in [0, 0.05) is 12.6 Å². The Kier molecular flexibility index (Phi) is 5.66. The van der Waals surface area contributed by atoms with E-state index in [0.717, 1.165) is 51.7 Å². The lowest BCUT2D eigenvalue weighted by Gasteiger charge is -2.37. The van der Waals surface area contributed by atoms with Gasteiger partial charge >= 0.3 is 0 Å². The van der Waals surface area contributed by atoms with Gasteiger partial charge in [-0.1, -0.05) is 19.8 Å². The van der Waals surface area contributed by atoms with Crippen molar-refractivity contribution in [3.63, 3.8) is 0 Å². The van der Waals surface area contributed by atoms with E-state index in [9.17, 15) is 8.42 Å². The Morgan fingerprint density at radius 3 is 2.53 bits per heavy atom. The maximum Gasteiger partial charge on any atom is 0.214 e. The summed E-state index contributed by atoms with van der Waals surface area (Å²) in [4.78, 5) is 0. The number of nitrogens with one attached hydrogen (secondary N) is 1. The summed E-state index contributed by atoms with van der Waals surface area (Å²) < 4.78 is 26.9. The third-order valence-corrected chi connectivity index (χ3v) is 6.59. The normalized spacial score (nSPS) is 28.2. The Balaban J connectivity index is 2.14. The van der Waals surface area contributed by atoms with Gasteiger partial charge in [-0.2, -0.15) is 4.31 Å². The summed E-state index contributed by atoms with van der Waals surface area (Å²) in [7, 11) is -3.04. The lowest BCUT2D eigenvalue weighted by Crippen LogP contribution is -2.47. The molecule has 112 valence electrons. The summed E-state index contributed by atoms with van der Waals surface area (Å²) in [6.07, 6.45) is 7.44. The van der Waals surface area contributed by atoms with Crippen LogP contribution in [0.3, 0.4) is 0 Å². The van der Waals surface area contributed by atoms with E-state index < -0.39 is 10.0 Å². The monoisotopic (exact) mass is 288 g/mol. The van der Waals surface area contributed by atoms with Crippen LogP contribution in [0.15, 0.2) is 0 Å². The van der Waals surface area contributed by atoms with Crippen LogP contribution in [0.1, 0.15) is 51.9 Å². The highest BCUT2D eigenvalue weighted by Gasteiger charge is 2.35. The van der Waals surface area contributed by atoms with Crippen molar-refractivity contribution in [1.29, 1.82) is 0 Å². The first-order valence-corrected chi connectivity index (χ1v) is 9.46. The molecule has 19 heavy (non-hydrogen) atoms. The zero-order valence-electron chi connectivity index (χ0n) is 12.1. The molecule has 0 amide bonds. The molecule has 0 bridgehead atoms. The van der Waals surface area contributed by atoms with Crippen LogP contribution in [0.4, 0.5) is 0 Å². The molecule has 4 nitrogen and oxygen atoms in total. The molecule has 0 aliphatic carbocycles. The fourth-order valence-corrected chi connectivity index (χ4v) is 5.38. The lowest BCUT2D eigenvalue weighted by atomic mass is 9.88. The van der Waals surface area contributed by atoms with Gasteiger partial charge in [0.25, 0.3) is 0 Å². The molecule has 2 heterocycles. The van der Waals surface area contributed by atoms with Gasteiger partial charge < -0.3 is 5.32 Å². The van der Waals surface area contributed by atoms with E-state index >= 15 is 0 Å². The minimum Gasteiger partial charge on any atom is -0.317 e. The van der Waals surface area contributed by atoms with Crippen LogP contribution < -0.4 is 5.32 Å². The Bertz CT molecular complexity index is 364. The molecular weight excluding hydrogens is 260 g/mol. The molecule has 2 rings (SSSR count). The van der Waals surface area contributed by atoms with Crippen molar-refractivity contribution in [3.8, 4) is 0 Å². The number of hydrogen-bond acceptors (Lipinski definition) is 3. The van der Waals surface area contributed by atoms with Crippen molar-refractivity contribution in [3.05, 3.63) is 0 Å². The highest BCUT2D eigenvalue weighted by atomic mass is 32.2. The molecule has 1 unspecified atom stereocenters. The van der Waals surface area contributed by atoms with Crippen LogP contribution in [0.5, 0.6) is 0 Å². The highest BCUT2D eigenvalue weighted by molar-refractivity contribution is 7.89. The third kappa shape index (κ3) is 3.92. The molecule has 0 spiro atoms. The van der Waals surface area contributed by atoms with E-state index in [4.69, 9.17) is 0 Å². The van der Waals surface area contributed by atoms with Crippen LogP contribution in [0, 0.1) is 5.92 Å². The first kappa shape index (κ1) is 15.3. The Morgan fingerprint density at radius 1 is 1.11 bits per heavy atom. The van der Waals surface area contributed by atoms with E-state index in [0.29, 0.717) is 11.7 Å². The minimum atomic E-state index is -3.04. The molecule has 5 heteroatoms. The largest absolute Gasteiger partial charge is 0.317 e. The quantitative estimate of drug-likeness (QED) is 0.860. The van der Waals surface area contributed by atoms with Gasteiger partial charge in [-0.15, -0.1) is 0 Å². The zero-order chi connectivity index (χ0) is 13.7. The zero-order valence-corrected chi connectivity index (χ0v) is 12.9. The molecule has 1 N–H and O–H groups in total. The topological polar surface area (TPSA) is 49.4 Å². The molecule has 0 aromatic carbocycles. The van der Waals surface area contributed by atoms with Crippen molar-refractivity contribution in [2.24, 2.45) is 5.92 Å². The molecular formula is C14H28N2O2S. The first-order chi connectivity index (χ1) is 9.15. The molecule has 2 aliphatic heterocycles. The van der Waals surface area contributed by atoms with Gasteiger partial charge in [0.15, 0.2) is 0 Å². The van der Waals surface area contributed by atoms with Crippen molar-refractivity contribution in [2.75, 3.05) is 25.4 Å². The number of rotatable bonds is 4. The Morgan fingerprint density at radius 2 is 1.84 bits per heavy atom. The molecule has 2 saturated heterocycles. The second kappa shape index (κ2) is 7.04. The second-order valence-electron chi connectivity index (χ2n) is 5.93. The third-order valence-electron chi connectivity index (χ3n) is 4.50. The van der Waals surface area contributed by atoms with Crippen molar-refractivity contribution in [2.45, 2.75) is 57.9 Å². The molecule has 0 aromatic heterocycles. The predicted octanol–water partition coefficient (Wildman–Crippen LogP) is 1.97. The van der Waals surface area contributed by atoms with E-state index in [2.05, 4.69) is 5.32 Å². The fraction of sp³-hybridized carbons (Fsp3) is 1.00. The standard InChI is InChI=1S/C14H28N2O2S/c1-2-12-19(17,18)16-11-5-3-4-6-14(16)13-7-9-15-10-8-13/h13-15H,2-12H2,1H3. The average Bonchev–Trinajstić information content (AvgIpc) is 2.65. The Hall–Kier alpha value is -0.130. The van der Waals surface area contributed by atoms with Crippen LogP contribution in [0.2, 0.25) is 0 Å². The number of piperidine rings is 1. The van der Waals surface area contributed by atoms with Gasteiger partial charge in [-0.25, -0.2) is 8.42 Å². The first-order valence-electron chi connectivity index (χ1n) is 7.85. The molecule has 2 fully saturated rings. The lowest BCUT2D eigenvalue weighted by molar-refractivity contribution is 0.198. The van der Waals surface area contributed by atoms with Crippen molar-refractivity contribution >= 4 is 10.0 Å². The van der Waals surface area contributed by atoms with Crippen LogP contribution >= 0.6 is 0 Å². The molecule has 0 aromatic rings. The smallest absolute Gasteiger partial charge is 0.214 e. The molecule has 0 radical (unpaired) electrons. The SMILES string of the molecule is CCCS(=O)(=O)N1CCCCCC1C1CCNCC1. The maximum atomic E-state index is 12.5. The van der Waals surface area contributed by atoms with Crippen LogP contribution in [-0.2, 0) is 10.0 Å². The predicted molar refractivity (Wildman–Crippen MR) is 78.6 cm³/mol. The second-order valence-corrected chi connectivity index (χ2v) is 7.97. The highest BCUT2D eigenvalue weighted by Crippen LogP contribution is 2.30. The molecule has 2 aliphatic rings. The van der Waals surface area contributed by atoms with Crippen molar-refractivity contribution in [1.82, 2.24) is 9.62 Å². The number of nitrogens with zero attached hydrogens (tertiary/aromatic N) is 1. The van der Waals surface area contributed by atoms with Gasteiger partial charge in [0.05, 0.1) is 5.75 Å². The van der Waals surface area contributed by atoms with Gasteiger partial charge in [-0.3, -0.25) is 0 Å². The van der Waals surface area contributed by atoms with E-state index in [1.807, 2.05) is 11.2 Å². The molecule has 1 atom stereocenters. The average molecular weight is 288 g/mol. The summed E-state index contributed by atoms with van der Waals surface area (Å²) in [5.41, 5.74) is 0. The minimum absolute atomic E-state index is 0.265. The maximum absolute atomic E-state index is 12.5. The van der Waals surface area contributed by atoms with Crippen LogP contribution in [0.25, 0.3) is 0 Å². The summed E-state index contributed by atoms with van der Waals surface area (Å²) in [5.74, 6) is 0.875.